The molecule has 4 aliphatic rings. The van der Waals surface area contributed by atoms with Crippen molar-refractivity contribution in [3.8, 4) is 17.2 Å². The normalized spacial score (nSPS) is 23.2. The number of carbonyl (C=O) groups excluding carboxylic acids is 1. The minimum absolute atomic E-state index is 0. The smallest absolute Gasteiger partial charge is 0.413 e. The number of nitrogens with one attached hydrogen (secondary N) is 1. The summed E-state index contributed by atoms with van der Waals surface area (Å²) in [6, 6.07) is 14.7. The Morgan fingerprint density at radius 1 is 0.750 bits per heavy atom. The summed E-state index contributed by atoms with van der Waals surface area (Å²) in [4.78, 5) is 47.2. The molecular formula is C53H66ClN11O9S2. The van der Waals surface area contributed by atoms with E-state index in [4.69, 9.17) is 52.0 Å². The minimum atomic E-state index is -3.76. The van der Waals surface area contributed by atoms with Crippen LogP contribution in [0.25, 0.3) is 22.1 Å². The molecule has 4 aromatic heterocycles. The average Bonchev–Trinajstić information content (AvgIpc) is 3.63. The first-order valence-corrected chi connectivity index (χ1v) is 27.6. The van der Waals surface area contributed by atoms with Gasteiger partial charge in [0, 0.05) is 48.3 Å². The van der Waals surface area contributed by atoms with Crippen LogP contribution in [0.1, 0.15) is 111 Å². The Morgan fingerprint density at radius 2 is 1.32 bits per heavy atom. The van der Waals surface area contributed by atoms with Crippen LogP contribution < -0.4 is 31.0 Å². The highest BCUT2D eigenvalue weighted by Crippen LogP contribution is 2.50. The Kier molecular flexibility index (Phi) is 15.5. The number of pyridine rings is 2. The summed E-state index contributed by atoms with van der Waals surface area (Å²) in [5.41, 5.74) is 16.7. The van der Waals surface area contributed by atoms with Crippen LogP contribution in [0, 0.1) is 6.92 Å². The van der Waals surface area contributed by atoms with Gasteiger partial charge in [-0.15, -0.1) is 0 Å². The number of amides is 1. The van der Waals surface area contributed by atoms with Gasteiger partial charge in [-0.2, -0.15) is 0 Å². The highest BCUT2D eigenvalue weighted by molar-refractivity contribution is 7.94. The Balaban J connectivity index is 0.000000179. The van der Waals surface area contributed by atoms with Gasteiger partial charge < -0.3 is 30.4 Å². The van der Waals surface area contributed by atoms with Crippen molar-refractivity contribution in [1.82, 2.24) is 35.2 Å². The van der Waals surface area contributed by atoms with E-state index in [-0.39, 0.29) is 32.1 Å². The molecule has 4 atom stereocenters. The number of carbonyl (C=O) groups is 1. The molecule has 0 saturated heterocycles. The molecule has 0 fully saturated rings. The van der Waals surface area contributed by atoms with Gasteiger partial charge in [-0.1, -0.05) is 25.1 Å². The number of rotatable bonds is 3. The van der Waals surface area contributed by atoms with E-state index < -0.39 is 62.4 Å². The Hall–Kier alpha value is -6.78. The maximum atomic E-state index is 13.6. The standard InChI is InChI=1S/C24H27N5O3S.C20H29N3O5S.C8H6ClN3O.CH4/c1-14-9-17-21(26-12-14)18(28-13-27-17)11-15-5-6-19-16(10-15)24(4)20(7-8-32-19)33(30,31)23(2,3)22(25)29-24;1-18(2,3)28-17(24)22-16-19(4,5)29(25,26)15-9-10-27-14-8-7-12(21)11-13(14)20(15,6)23-16;1-13-5-2-6-7(10-3-5)8(9)12-4-11-6;/h5-6,9-10,12-13,20H,7-8,11H2,1-4H3,(H2,25,29);7-8,11,15H,9-10,21H2,1-6H3,(H,22,23,24);2-4H,1H3;1H4/t20-,24-;15-,20-;;/m11../s1. The van der Waals surface area contributed by atoms with Crippen molar-refractivity contribution in [2.75, 3.05) is 26.1 Å². The molecule has 76 heavy (non-hydrogen) atoms. The van der Waals surface area contributed by atoms with Gasteiger partial charge in [0.15, 0.2) is 24.8 Å². The number of alkyl carbamates (subject to hydrolysis) is 1. The molecule has 5 N–H and O–H groups in total. The molecule has 4 aliphatic heterocycles. The molecule has 0 radical (unpaired) electrons. The number of sulfone groups is 2. The van der Waals surface area contributed by atoms with Crippen molar-refractivity contribution in [1.29, 1.82) is 0 Å². The lowest BCUT2D eigenvalue weighted by molar-refractivity contribution is 0.0560. The van der Waals surface area contributed by atoms with Crippen molar-refractivity contribution < 1.29 is 40.6 Å². The van der Waals surface area contributed by atoms with Crippen molar-refractivity contribution >= 4 is 76.8 Å². The highest BCUT2D eigenvalue weighted by Gasteiger charge is 2.59. The number of amidine groups is 2. The SMILES string of the molecule is C.CC(C)(C)OC(=O)NC1=N[C@]2(C)c3cc(N)ccc3OCC[C@H]2S(=O)(=O)C1(C)C.COc1cnc2c(Cl)ncnc2c1.Cc1cnc2c(Cc3ccc4c(c3)[C@@]3(C)N=C(N)C(C)(C)S(=O)(=O)[C@@H]3CCO4)ncnc2c1. The summed E-state index contributed by atoms with van der Waals surface area (Å²) in [6.45, 7) is 17.7. The summed E-state index contributed by atoms with van der Waals surface area (Å²) in [6.07, 6.45) is 6.72. The number of nitrogens with zero attached hydrogens (tertiary/aromatic N) is 8. The number of aliphatic imine (C=N–C) groups is 2. The van der Waals surface area contributed by atoms with E-state index in [9.17, 15) is 21.6 Å². The zero-order valence-electron chi connectivity index (χ0n) is 43.7. The minimum Gasteiger partial charge on any atom is -0.495 e. The number of methoxy groups -OCH3 is 1. The molecule has 0 spiro atoms. The molecular weight excluding hydrogens is 1030 g/mol. The lowest BCUT2D eigenvalue weighted by Gasteiger charge is -2.44. The number of anilines is 1. The number of ether oxygens (including phenoxy) is 4. The Bertz CT molecular complexity index is 3540. The van der Waals surface area contributed by atoms with E-state index in [0.717, 1.165) is 33.4 Å². The maximum Gasteiger partial charge on any atom is 0.413 e. The first-order valence-electron chi connectivity index (χ1n) is 24.1. The molecule has 0 saturated carbocycles. The molecule has 1 amide bonds. The van der Waals surface area contributed by atoms with E-state index in [1.54, 1.807) is 105 Å². The van der Waals surface area contributed by atoms with Crippen LogP contribution in [-0.2, 0) is 41.9 Å². The van der Waals surface area contributed by atoms with Crippen molar-refractivity contribution in [3.05, 3.63) is 107 Å². The number of nitrogens with two attached hydrogens (primary N) is 2. The second kappa shape index (κ2) is 20.6. The molecule has 0 aliphatic carbocycles. The van der Waals surface area contributed by atoms with E-state index in [2.05, 4.69) is 35.2 Å². The number of benzene rings is 2. The molecule has 6 aromatic rings. The van der Waals surface area contributed by atoms with Crippen LogP contribution in [0.15, 0.2) is 83.6 Å². The molecule has 2 aromatic carbocycles. The van der Waals surface area contributed by atoms with Crippen LogP contribution in [0.3, 0.4) is 0 Å². The fourth-order valence-electron chi connectivity index (χ4n) is 9.67. The summed E-state index contributed by atoms with van der Waals surface area (Å²) in [5, 5.41) is 1.39. The quantitative estimate of drug-likeness (QED) is 0.112. The van der Waals surface area contributed by atoms with Gasteiger partial charge in [-0.25, -0.2) is 46.6 Å². The number of hydrogen-bond acceptors (Lipinski definition) is 19. The third kappa shape index (κ3) is 10.4. The lowest BCUT2D eigenvalue weighted by atomic mass is 9.85. The van der Waals surface area contributed by atoms with Gasteiger partial charge >= 0.3 is 6.09 Å². The van der Waals surface area contributed by atoms with Crippen molar-refractivity contribution in [2.45, 2.75) is 133 Å². The van der Waals surface area contributed by atoms with Gasteiger partial charge in [-0.05, 0) is 117 Å². The fraction of sp³-hybridized carbons (Fsp3) is 0.453. The van der Waals surface area contributed by atoms with Gasteiger partial charge in [0.2, 0.25) is 0 Å². The maximum absolute atomic E-state index is 13.6. The Morgan fingerprint density at radius 3 is 1.95 bits per heavy atom. The summed E-state index contributed by atoms with van der Waals surface area (Å²) < 4.78 is 73.9. The molecule has 406 valence electrons. The van der Waals surface area contributed by atoms with Crippen LogP contribution in [0.2, 0.25) is 5.15 Å². The second-order valence-corrected chi connectivity index (χ2v) is 26.8. The molecule has 10 rings (SSSR count). The third-order valence-corrected chi connectivity index (χ3v) is 20.5. The zero-order valence-corrected chi connectivity index (χ0v) is 46.1. The average molecular weight is 1100 g/mol. The van der Waals surface area contributed by atoms with Crippen molar-refractivity contribution in [3.63, 3.8) is 0 Å². The summed E-state index contributed by atoms with van der Waals surface area (Å²) in [7, 11) is -5.79. The number of fused-ring (bicyclic) bond motifs is 8. The first kappa shape index (κ1) is 56.9. The van der Waals surface area contributed by atoms with E-state index >= 15 is 0 Å². The molecule has 0 unspecified atom stereocenters. The van der Waals surface area contributed by atoms with Gasteiger partial charge in [0.1, 0.15) is 78.8 Å². The largest absolute Gasteiger partial charge is 0.495 e. The number of aromatic nitrogens is 6. The number of nitrogen functional groups attached to an aromatic ring is 1. The van der Waals surface area contributed by atoms with E-state index in [0.29, 0.717) is 64.1 Å². The molecule has 8 heterocycles. The van der Waals surface area contributed by atoms with Gasteiger partial charge in [0.25, 0.3) is 0 Å². The van der Waals surface area contributed by atoms with Crippen LogP contribution in [0.4, 0.5) is 10.5 Å². The summed E-state index contributed by atoms with van der Waals surface area (Å²) in [5.74, 6) is 2.00. The first-order chi connectivity index (χ1) is 35.0. The highest BCUT2D eigenvalue weighted by atomic mass is 35.5. The number of halogens is 1. The number of aryl methyl sites for hydroxylation is 1. The Labute approximate surface area is 448 Å². The molecule has 20 nitrogen and oxygen atoms in total. The van der Waals surface area contributed by atoms with Gasteiger partial charge in [-0.3, -0.25) is 20.3 Å². The van der Waals surface area contributed by atoms with Crippen LogP contribution >= 0.6 is 11.6 Å². The third-order valence-electron chi connectivity index (χ3n) is 14.0. The number of hydrogen-bond donors (Lipinski definition) is 3. The summed E-state index contributed by atoms with van der Waals surface area (Å²) >= 11 is 5.80. The topological polar surface area (TPSA) is 288 Å². The predicted octanol–water partition coefficient (Wildman–Crippen LogP) is 7.94. The van der Waals surface area contributed by atoms with Crippen LogP contribution in [-0.4, -0.2) is 110 Å². The van der Waals surface area contributed by atoms with Crippen LogP contribution in [0.5, 0.6) is 17.2 Å². The second-order valence-electron chi connectivity index (χ2n) is 21.1. The molecule has 23 heteroatoms. The zero-order chi connectivity index (χ0) is 54.7. The van der Waals surface area contributed by atoms with Crippen molar-refractivity contribution in [2.24, 2.45) is 15.7 Å². The van der Waals surface area contributed by atoms with Gasteiger partial charge in [0.05, 0.1) is 53.7 Å². The lowest BCUT2D eigenvalue weighted by Crippen LogP contribution is -2.61. The monoisotopic (exact) mass is 1100 g/mol. The van der Waals surface area contributed by atoms with E-state index in [1.807, 2.05) is 38.1 Å². The van der Waals surface area contributed by atoms with E-state index in [1.165, 1.54) is 6.33 Å². The fourth-order valence-corrected chi connectivity index (χ4v) is 14.4. The molecule has 0 bridgehead atoms. The predicted molar refractivity (Wildman–Crippen MR) is 295 cm³/mol.